The van der Waals surface area contributed by atoms with Crippen molar-refractivity contribution in [2.75, 3.05) is 13.2 Å². The number of ether oxygens (including phenoxy) is 2. The van der Waals surface area contributed by atoms with Crippen LogP contribution in [0.5, 0.6) is 5.75 Å². The Bertz CT molecular complexity index is 339. The minimum atomic E-state index is 0.623. The Hall–Kier alpha value is -1.03. The maximum absolute atomic E-state index is 5.42. The molecule has 1 rings (SSSR count). The van der Waals surface area contributed by atoms with Crippen molar-refractivity contribution < 1.29 is 9.47 Å². The van der Waals surface area contributed by atoms with Crippen molar-refractivity contribution in [3.8, 4) is 5.75 Å². The van der Waals surface area contributed by atoms with Crippen molar-refractivity contribution in [2.45, 2.75) is 13.8 Å². The third-order valence-corrected chi connectivity index (χ3v) is 2.31. The minimum absolute atomic E-state index is 0.623. The van der Waals surface area contributed by atoms with E-state index >= 15 is 0 Å². The lowest BCUT2D eigenvalue weighted by molar-refractivity contribution is 0.338. The molecule has 0 heterocycles. The second kappa shape index (κ2) is 6.45. The number of benzene rings is 1. The molecule has 0 saturated heterocycles. The summed E-state index contributed by atoms with van der Waals surface area (Å²) in [6, 6.07) is 5.66. The van der Waals surface area contributed by atoms with Gasteiger partial charge in [0.2, 0.25) is 0 Å². The summed E-state index contributed by atoms with van der Waals surface area (Å²) < 4.78 is 11.4. The molecule has 0 aliphatic rings. The van der Waals surface area contributed by atoms with E-state index in [0.717, 1.165) is 15.9 Å². The topological polar surface area (TPSA) is 30.8 Å². The first kappa shape index (κ1) is 12.0. The third kappa shape index (κ3) is 3.91. The van der Waals surface area contributed by atoms with Crippen molar-refractivity contribution in [2.24, 2.45) is 4.99 Å². The van der Waals surface area contributed by atoms with Crippen LogP contribution in [-0.4, -0.2) is 19.6 Å². The first-order chi connectivity index (χ1) is 7.27. The molecular weight excluding hydrogens is 258 g/mol. The van der Waals surface area contributed by atoms with Gasteiger partial charge < -0.3 is 9.47 Å². The van der Waals surface area contributed by atoms with Gasteiger partial charge in [0.05, 0.1) is 23.4 Å². The summed E-state index contributed by atoms with van der Waals surface area (Å²) in [4.78, 5) is 4.13. The molecule has 0 spiro atoms. The van der Waals surface area contributed by atoms with E-state index in [2.05, 4.69) is 20.9 Å². The molecule has 0 saturated carbocycles. The second-order valence-electron chi connectivity index (χ2n) is 2.74. The van der Waals surface area contributed by atoms with Gasteiger partial charge in [-0.15, -0.1) is 0 Å². The Labute approximate surface area is 98.2 Å². The number of halogens is 1. The SMILES string of the molecule is CCOC=Nc1ccc(Br)c(OCC)c1. The van der Waals surface area contributed by atoms with Crippen molar-refractivity contribution in [1.29, 1.82) is 0 Å². The number of aliphatic imine (C=N–C) groups is 1. The third-order valence-electron chi connectivity index (χ3n) is 1.66. The standard InChI is InChI=1S/C11H14BrNO2/c1-3-14-8-13-9-5-6-10(12)11(7-9)15-4-2/h5-8H,3-4H2,1-2H3. The molecule has 0 fully saturated rings. The summed E-state index contributed by atoms with van der Waals surface area (Å²) in [5.74, 6) is 0.795. The summed E-state index contributed by atoms with van der Waals surface area (Å²) in [6.07, 6.45) is 1.44. The van der Waals surface area contributed by atoms with E-state index in [9.17, 15) is 0 Å². The van der Waals surface area contributed by atoms with E-state index in [1.54, 1.807) is 0 Å². The summed E-state index contributed by atoms with van der Waals surface area (Å²) in [6.45, 7) is 5.12. The Morgan fingerprint density at radius 2 is 2.13 bits per heavy atom. The van der Waals surface area contributed by atoms with E-state index in [4.69, 9.17) is 9.47 Å². The van der Waals surface area contributed by atoms with Crippen LogP contribution < -0.4 is 4.74 Å². The van der Waals surface area contributed by atoms with E-state index in [-0.39, 0.29) is 0 Å². The fourth-order valence-electron chi connectivity index (χ4n) is 1.01. The normalized spacial score (nSPS) is 10.6. The monoisotopic (exact) mass is 271 g/mol. The highest BCUT2D eigenvalue weighted by atomic mass is 79.9. The number of hydrogen-bond acceptors (Lipinski definition) is 3. The summed E-state index contributed by atoms with van der Waals surface area (Å²) in [7, 11) is 0. The van der Waals surface area contributed by atoms with Gasteiger partial charge in [-0.2, -0.15) is 0 Å². The van der Waals surface area contributed by atoms with Gasteiger partial charge in [0, 0.05) is 6.07 Å². The molecule has 0 unspecified atom stereocenters. The fourth-order valence-corrected chi connectivity index (χ4v) is 1.37. The fraction of sp³-hybridized carbons (Fsp3) is 0.364. The summed E-state index contributed by atoms with van der Waals surface area (Å²) in [5, 5.41) is 0. The Balaban J connectivity index is 2.77. The number of nitrogens with zero attached hydrogens (tertiary/aromatic N) is 1. The second-order valence-corrected chi connectivity index (χ2v) is 3.59. The lowest BCUT2D eigenvalue weighted by atomic mass is 10.3. The molecule has 1 aromatic rings. The molecule has 15 heavy (non-hydrogen) atoms. The molecule has 0 N–H and O–H groups in total. The van der Waals surface area contributed by atoms with Crippen LogP contribution in [0.2, 0.25) is 0 Å². The smallest absolute Gasteiger partial charge is 0.174 e. The molecule has 0 aliphatic carbocycles. The minimum Gasteiger partial charge on any atom is -0.493 e. The predicted molar refractivity (Wildman–Crippen MR) is 65.1 cm³/mol. The van der Waals surface area contributed by atoms with Crippen LogP contribution in [0.3, 0.4) is 0 Å². The molecule has 0 atom stereocenters. The number of rotatable bonds is 5. The van der Waals surface area contributed by atoms with Gasteiger partial charge in [-0.1, -0.05) is 0 Å². The Morgan fingerprint density at radius 1 is 1.33 bits per heavy atom. The number of hydrogen-bond donors (Lipinski definition) is 0. The highest BCUT2D eigenvalue weighted by Gasteiger charge is 2.00. The predicted octanol–water partition coefficient (Wildman–Crippen LogP) is 3.54. The van der Waals surface area contributed by atoms with Crippen LogP contribution in [0.4, 0.5) is 5.69 Å². The van der Waals surface area contributed by atoms with E-state index in [0.29, 0.717) is 13.2 Å². The van der Waals surface area contributed by atoms with E-state index < -0.39 is 0 Å². The Kier molecular flexibility index (Phi) is 5.18. The van der Waals surface area contributed by atoms with Crippen LogP contribution in [0.15, 0.2) is 27.7 Å². The van der Waals surface area contributed by atoms with Gasteiger partial charge in [0.25, 0.3) is 0 Å². The van der Waals surface area contributed by atoms with Crippen LogP contribution in [-0.2, 0) is 4.74 Å². The highest BCUT2D eigenvalue weighted by molar-refractivity contribution is 9.10. The lowest BCUT2D eigenvalue weighted by Crippen LogP contribution is -1.91. The van der Waals surface area contributed by atoms with E-state index in [1.165, 1.54) is 6.40 Å². The van der Waals surface area contributed by atoms with Gasteiger partial charge in [-0.05, 0) is 41.9 Å². The first-order valence-corrected chi connectivity index (χ1v) is 5.63. The average molecular weight is 272 g/mol. The molecule has 0 aliphatic heterocycles. The van der Waals surface area contributed by atoms with Gasteiger partial charge in [0.1, 0.15) is 5.75 Å². The largest absolute Gasteiger partial charge is 0.493 e. The van der Waals surface area contributed by atoms with Crippen molar-refractivity contribution in [3.05, 3.63) is 22.7 Å². The van der Waals surface area contributed by atoms with Crippen LogP contribution >= 0.6 is 15.9 Å². The van der Waals surface area contributed by atoms with Crippen molar-refractivity contribution in [1.82, 2.24) is 0 Å². The molecule has 0 aromatic heterocycles. The highest BCUT2D eigenvalue weighted by Crippen LogP contribution is 2.29. The lowest BCUT2D eigenvalue weighted by Gasteiger charge is -2.05. The molecule has 0 bridgehead atoms. The van der Waals surface area contributed by atoms with Gasteiger partial charge in [-0.25, -0.2) is 4.99 Å². The molecule has 82 valence electrons. The van der Waals surface area contributed by atoms with E-state index in [1.807, 2.05) is 32.0 Å². The zero-order valence-corrected chi connectivity index (χ0v) is 10.5. The van der Waals surface area contributed by atoms with Crippen molar-refractivity contribution >= 4 is 28.0 Å². The van der Waals surface area contributed by atoms with Crippen LogP contribution in [0.1, 0.15) is 13.8 Å². The molecule has 0 radical (unpaired) electrons. The molecule has 1 aromatic carbocycles. The van der Waals surface area contributed by atoms with Crippen LogP contribution in [0.25, 0.3) is 0 Å². The maximum Gasteiger partial charge on any atom is 0.174 e. The van der Waals surface area contributed by atoms with Gasteiger partial charge in [-0.3, -0.25) is 0 Å². The zero-order chi connectivity index (χ0) is 11.1. The summed E-state index contributed by atoms with van der Waals surface area (Å²) >= 11 is 3.41. The molecule has 3 nitrogen and oxygen atoms in total. The van der Waals surface area contributed by atoms with Gasteiger partial charge in [0.15, 0.2) is 6.40 Å². The summed E-state index contributed by atoms with van der Waals surface area (Å²) in [5.41, 5.74) is 0.815. The zero-order valence-electron chi connectivity index (χ0n) is 8.87. The Morgan fingerprint density at radius 3 is 2.80 bits per heavy atom. The maximum atomic E-state index is 5.42. The van der Waals surface area contributed by atoms with Crippen LogP contribution in [0, 0.1) is 0 Å². The average Bonchev–Trinajstić information content (AvgIpc) is 2.23. The van der Waals surface area contributed by atoms with Gasteiger partial charge >= 0.3 is 0 Å². The first-order valence-electron chi connectivity index (χ1n) is 4.84. The molecular formula is C11H14BrNO2. The molecule has 0 amide bonds. The quantitative estimate of drug-likeness (QED) is 0.606. The van der Waals surface area contributed by atoms with Crippen molar-refractivity contribution in [3.63, 3.8) is 0 Å². The molecule has 4 heteroatoms.